The topological polar surface area (TPSA) is 41.1 Å². The Morgan fingerprint density at radius 2 is 1.86 bits per heavy atom. The Hall–Kier alpha value is -1.35. The van der Waals surface area contributed by atoms with Crippen LogP contribution in [0.25, 0.3) is 0 Å². The number of aryl methyl sites for hydroxylation is 1. The molecule has 0 heterocycles. The van der Waals surface area contributed by atoms with Crippen molar-refractivity contribution >= 4 is 5.91 Å². The molecule has 3 nitrogen and oxygen atoms in total. The van der Waals surface area contributed by atoms with Crippen LogP contribution in [0.3, 0.4) is 0 Å². The molecule has 2 fully saturated rings. The van der Waals surface area contributed by atoms with Gasteiger partial charge < -0.3 is 10.6 Å². The molecule has 1 aromatic rings. The second-order valence-corrected chi connectivity index (χ2v) is 6.68. The molecular weight excluding hydrogens is 260 g/mol. The summed E-state index contributed by atoms with van der Waals surface area (Å²) >= 11 is 0. The van der Waals surface area contributed by atoms with E-state index in [1.54, 1.807) is 0 Å². The summed E-state index contributed by atoms with van der Waals surface area (Å²) in [5.41, 5.74) is 2.81. The summed E-state index contributed by atoms with van der Waals surface area (Å²) in [6.07, 6.45) is 6.43. The molecule has 2 aliphatic carbocycles. The monoisotopic (exact) mass is 286 g/mol. The lowest BCUT2D eigenvalue weighted by atomic mass is 9.76. The van der Waals surface area contributed by atoms with Crippen LogP contribution >= 0.6 is 0 Å². The molecule has 0 bridgehead atoms. The molecular formula is C18H26N2O. The number of benzene rings is 1. The summed E-state index contributed by atoms with van der Waals surface area (Å²) in [4.78, 5) is 11.5. The fraction of sp³-hybridized carbons (Fsp3) is 0.611. The van der Waals surface area contributed by atoms with Gasteiger partial charge in [0.05, 0.1) is 0 Å². The molecule has 114 valence electrons. The molecule has 3 heteroatoms. The average molecular weight is 286 g/mol. The lowest BCUT2D eigenvalue weighted by Crippen LogP contribution is -2.40. The average Bonchev–Trinajstić information content (AvgIpc) is 3.22. The van der Waals surface area contributed by atoms with E-state index in [0.717, 1.165) is 18.9 Å². The van der Waals surface area contributed by atoms with Gasteiger partial charge in [0.25, 0.3) is 0 Å². The van der Waals surface area contributed by atoms with Gasteiger partial charge in [-0.15, -0.1) is 0 Å². The second kappa shape index (κ2) is 6.61. The SMILES string of the molecule is Cc1ccc(C2CC(NCCCC(=O)NC3CC3)C2)cc1. The fourth-order valence-electron chi connectivity index (χ4n) is 2.98. The summed E-state index contributed by atoms with van der Waals surface area (Å²) in [5.74, 6) is 0.951. The first kappa shape index (κ1) is 14.6. The Morgan fingerprint density at radius 3 is 2.52 bits per heavy atom. The number of amides is 1. The minimum atomic E-state index is 0.227. The molecule has 1 aromatic carbocycles. The van der Waals surface area contributed by atoms with Crippen LogP contribution in [0.1, 0.15) is 55.6 Å². The highest BCUT2D eigenvalue weighted by Crippen LogP contribution is 2.36. The van der Waals surface area contributed by atoms with E-state index in [2.05, 4.69) is 41.8 Å². The molecule has 2 N–H and O–H groups in total. The molecule has 2 aliphatic rings. The van der Waals surface area contributed by atoms with Crippen LogP contribution in [0, 0.1) is 6.92 Å². The second-order valence-electron chi connectivity index (χ2n) is 6.68. The molecule has 0 spiro atoms. The third-order valence-electron chi connectivity index (χ3n) is 4.64. The van der Waals surface area contributed by atoms with Crippen molar-refractivity contribution in [3.05, 3.63) is 35.4 Å². The summed E-state index contributed by atoms with van der Waals surface area (Å²) in [6.45, 7) is 3.09. The zero-order valence-electron chi connectivity index (χ0n) is 12.9. The van der Waals surface area contributed by atoms with Crippen LogP contribution in [0.15, 0.2) is 24.3 Å². The van der Waals surface area contributed by atoms with E-state index in [1.807, 2.05) is 0 Å². The van der Waals surface area contributed by atoms with Gasteiger partial charge in [0.1, 0.15) is 0 Å². The van der Waals surface area contributed by atoms with Crippen LogP contribution in [0.4, 0.5) is 0 Å². The van der Waals surface area contributed by atoms with Gasteiger partial charge in [0.15, 0.2) is 0 Å². The van der Waals surface area contributed by atoms with Gasteiger partial charge in [-0.3, -0.25) is 4.79 Å². The number of hydrogen-bond donors (Lipinski definition) is 2. The van der Waals surface area contributed by atoms with Crippen molar-refractivity contribution in [2.45, 2.75) is 63.5 Å². The van der Waals surface area contributed by atoms with Crippen LogP contribution in [-0.4, -0.2) is 24.5 Å². The van der Waals surface area contributed by atoms with Crippen LogP contribution in [-0.2, 0) is 4.79 Å². The van der Waals surface area contributed by atoms with Gasteiger partial charge in [-0.05, 0) is 57.1 Å². The van der Waals surface area contributed by atoms with E-state index in [-0.39, 0.29) is 5.91 Å². The zero-order chi connectivity index (χ0) is 14.7. The van der Waals surface area contributed by atoms with Crippen LogP contribution in [0.5, 0.6) is 0 Å². The molecule has 0 atom stereocenters. The van der Waals surface area contributed by atoms with Gasteiger partial charge in [0.2, 0.25) is 5.91 Å². The van der Waals surface area contributed by atoms with E-state index in [9.17, 15) is 4.79 Å². The number of carbonyl (C=O) groups is 1. The minimum Gasteiger partial charge on any atom is -0.353 e. The molecule has 1 amide bonds. The predicted molar refractivity (Wildman–Crippen MR) is 85.3 cm³/mol. The first-order chi connectivity index (χ1) is 10.2. The highest BCUT2D eigenvalue weighted by Gasteiger charge is 2.29. The largest absolute Gasteiger partial charge is 0.353 e. The highest BCUT2D eigenvalue weighted by atomic mass is 16.1. The first-order valence-electron chi connectivity index (χ1n) is 8.30. The van der Waals surface area contributed by atoms with Crippen molar-refractivity contribution in [2.75, 3.05) is 6.54 Å². The molecule has 0 aliphatic heterocycles. The standard InChI is InChI=1S/C18H26N2O/c1-13-4-6-14(7-5-13)15-11-17(12-15)19-10-2-3-18(21)20-16-8-9-16/h4-7,15-17,19H,2-3,8-12H2,1H3,(H,20,21). The number of hydrogen-bond acceptors (Lipinski definition) is 2. The number of carbonyl (C=O) groups excluding carboxylic acids is 1. The van der Waals surface area contributed by atoms with Crippen molar-refractivity contribution in [2.24, 2.45) is 0 Å². The van der Waals surface area contributed by atoms with Gasteiger partial charge in [-0.2, -0.15) is 0 Å². The van der Waals surface area contributed by atoms with Gasteiger partial charge >= 0.3 is 0 Å². The van der Waals surface area contributed by atoms with E-state index in [4.69, 9.17) is 0 Å². The zero-order valence-corrected chi connectivity index (χ0v) is 12.9. The molecule has 0 aromatic heterocycles. The lowest BCUT2D eigenvalue weighted by Gasteiger charge is -2.36. The van der Waals surface area contributed by atoms with E-state index < -0.39 is 0 Å². The molecule has 0 unspecified atom stereocenters. The van der Waals surface area contributed by atoms with Crippen molar-refractivity contribution < 1.29 is 4.79 Å². The molecule has 2 saturated carbocycles. The van der Waals surface area contributed by atoms with Crippen molar-refractivity contribution in [3.63, 3.8) is 0 Å². The fourth-order valence-corrected chi connectivity index (χ4v) is 2.98. The Morgan fingerprint density at radius 1 is 1.14 bits per heavy atom. The Balaban J connectivity index is 1.26. The summed E-state index contributed by atoms with van der Waals surface area (Å²) in [5, 5.41) is 6.61. The minimum absolute atomic E-state index is 0.227. The summed E-state index contributed by atoms with van der Waals surface area (Å²) < 4.78 is 0. The quantitative estimate of drug-likeness (QED) is 0.757. The summed E-state index contributed by atoms with van der Waals surface area (Å²) in [6, 6.07) is 10.1. The predicted octanol–water partition coefficient (Wildman–Crippen LogP) is 2.89. The molecule has 21 heavy (non-hydrogen) atoms. The molecule has 0 saturated heterocycles. The first-order valence-corrected chi connectivity index (χ1v) is 8.30. The van der Waals surface area contributed by atoms with Crippen molar-refractivity contribution in [3.8, 4) is 0 Å². The number of nitrogens with one attached hydrogen (secondary N) is 2. The van der Waals surface area contributed by atoms with Crippen molar-refractivity contribution in [1.29, 1.82) is 0 Å². The van der Waals surface area contributed by atoms with Crippen molar-refractivity contribution in [1.82, 2.24) is 10.6 Å². The lowest BCUT2D eigenvalue weighted by molar-refractivity contribution is -0.121. The summed E-state index contributed by atoms with van der Waals surface area (Å²) in [7, 11) is 0. The smallest absolute Gasteiger partial charge is 0.220 e. The van der Waals surface area contributed by atoms with Gasteiger partial charge in [-0.25, -0.2) is 0 Å². The Bertz CT molecular complexity index is 472. The third kappa shape index (κ3) is 4.31. The Kier molecular flexibility index (Phi) is 4.59. The molecule has 0 radical (unpaired) electrons. The normalized spacial score (nSPS) is 24.4. The highest BCUT2D eigenvalue weighted by molar-refractivity contribution is 5.76. The maximum Gasteiger partial charge on any atom is 0.220 e. The van der Waals surface area contributed by atoms with E-state index in [0.29, 0.717) is 18.5 Å². The maximum absolute atomic E-state index is 11.5. The maximum atomic E-state index is 11.5. The van der Waals surface area contributed by atoms with Gasteiger partial charge in [-0.1, -0.05) is 29.8 Å². The third-order valence-corrected chi connectivity index (χ3v) is 4.64. The number of rotatable bonds is 7. The Labute approximate surface area is 127 Å². The van der Waals surface area contributed by atoms with E-state index >= 15 is 0 Å². The van der Waals surface area contributed by atoms with E-state index in [1.165, 1.54) is 36.8 Å². The van der Waals surface area contributed by atoms with Crippen LogP contribution in [0.2, 0.25) is 0 Å². The van der Waals surface area contributed by atoms with Gasteiger partial charge in [0, 0.05) is 18.5 Å². The van der Waals surface area contributed by atoms with Crippen LogP contribution < -0.4 is 10.6 Å². The molecule has 3 rings (SSSR count).